The zero-order valence-corrected chi connectivity index (χ0v) is 16.0. The number of anilines is 1. The molecule has 10 heteroatoms. The summed E-state index contributed by atoms with van der Waals surface area (Å²) in [5, 5.41) is 18.9. The summed E-state index contributed by atoms with van der Waals surface area (Å²) >= 11 is 0. The second-order valence-corrected chi connectivity index (χ2v) is 7.02. The zero-order valence-electron chi connectivity index (χ0n) is 16.0. The zero-order chi connectivity index (χ0) is 20.9. The van der Waals surface area contributed by atoms with E-state index in [4.69, 9.17) is 5.73 Å². The molecule has 150 valence electrons. The number of aromatic nitrogens is 6. The van der Waals surface area contributed by atoms with Crippen LogP contribution in [0.5, 0.6) is 0 Å². The average molecular weight is 399 g/mol. The fourth-order valence-corrected chi connectivity index (χ4v) is 3.13. The monoisotopic (exact) mass is 399 g/mol. The van der Waals surface area contributed by atoms with Crippen LogP contribution in [0.1, 0.15) is 18.1 Å². The van der Waals surface area contributed by atoms with Crippen molar-refractivity contribution in [2.75, 3.05) is 5.73 Å². The lowest BCUT2D eigenvalue weighted by Crippen LogP contribution is -2.30. The third-order valence-electron chi connectivity index (χ3n) is 4.96. The SMILES string of the molecule is Cc1ccc(C(C)(O)C(F)F)cc1-c1cnc2c(N)nc(-c3ccnn3C)nn12. The highest BCUT2D eigenvalue weighted by molar-refractivity contribution is 5.72. The molecule has 4 rings (SSSR count). The number of benzene rings is 1. The van der Waals surface area contributed by atoms with E-state index in [9.17, 15) is 13.9 Å². The summed E-state index contributed by atoms with van der Waals surface area (Å²) in [5.74, 6) is 0.526. The number of aliphatic hydroxyl groups is 1. The Morgan fingerprint density at radius 3 is 2.62 bits per heavy atom. The van der Waals surface area contributed by atoms with Gasteiger partial charge in [0.15, 0.2) is 17.3 Å². The van der Waals surface area contributed by atoms with Crippen LogP contribution in [-0.2, 0) is 12.6 Å². The van der Waals surface area contributed by atoms with Gasteiger partial charge in [-0.25, -0.2) is 23.3 Å². The van der Waals surface area contributed by atoms with Gasteiger partial charge in [0.05, 0.1) is 11.9 Å². The largest absolute Gasteiger partial charge is 0.380 e. The molecule has 0 radical (unpaired) electrons. The first-order valence-corrected chi connectivity index (χ1v) is 8.81. The van der Waals surface area contributed by atoms with Crippen molar-refractivity contribution in [3.05, 3.63) is 47.8 Å². The van der Waals surface area contributed by atoms with Gasteiger partial charge in [0.25, 0.3) is 6.43 Å². The van der Waals surface area contributed by atoms with Gasteiger partial charge < -0.3 is 10.8 Å². The molecule has 0 spiro atoms. The molecule has 0 bridgehead atoms. The van der Waals surface area contributed by atoms with E-state index in [1.807, 2.05) is 6.92 Å². The molecule has 0 saturated carbocycles. The highest BCUT2D eigenvalue weighted by atomic mass is 19.3. The lowest BCUT2D eigenvalue weighted by molar-refractivity contribution is -0.0883. The van der Waals surface area contributed by atoms with Crippen molar-refractivity contribution in [3.63, 3.8) is 0 Å². The van der Waals surface area contributed by atoms with Crippen LogP contribution < -0.4 is 5.73 Å². The van der Waals surface area contributed by atoms with Crippen molar-refractivity contribution in [2.45, 2.75) is 25.9 Å². The van der Waals surface area contributed by atoms with Crippen LogP contribution in [0.3, 0.4) is 0 Å². The number of nitrogens with two attached hydrogens (primary N) is 1. The quantitative estimate of drug-likeness (QED) is 0.546. The highest BCUT2D eigenvalue weighted by Crippen LogP contribution is 2.33. The molecular formula is C19H19F2N7O. The van der Waals surface area contributed by atoms with Crippen molar-refractivity contribution in [1.82, 2.24) is 29.4 Å². The second kappa shape index (κ2) is 6.59. The number of aryl methyl sites for hydroxylation is 2. The molecule has 1 unspecified atom stereocenters. The van der Waals surface area contributed by atoms with E-state index in [0.717, 1.165) is 12.5 Å². The number of nitrogens with zero attached hydrogens (tertiary/aromatic N) is 6. The van der Waals surface area contributed by atoms with Crippen LogP contribution in [0.25, 0.3) is 28.4 Å². The Morgan fingerprint density at radius 1 is 1.21 bits per heavy atom. The summed E-state index contributed by atoms with van der Waals surface area (Å²) in [7, 11) is 1.76. The van der Waals surface area contributed by atoms with Crippen LogP contribution >= 0.6 is 0 Å². The van der Waals surface area contributed by atoms with Gasteiger partial charge in [0.2, 0.25) is 0 Å². The van der Waals surface area contributed by atoms with Gasteiger partial charge in [-0.15, -0.1) is 5.10 Å². The molecule has 3 aromatic heterocycles. The maximum Gasteiger partial charge on any atom is 0.270 e. The van der Waals surface area contributed by atoms with Crippen molar-refractivity contribution >= 4 is 11.5 Å². The minimum atomic E-state index is -2.94. The molecule has 1 atom stereocenters. The van der Waals surface area contributed by atoms with Gasteiger partial charge in [-0.1, -0.05) is 12.1 Å². The molecule has 0 amide bonds. The summed E-state index contributed by atoms with van der Waals surface area (Å²) in [6.45, 7) is 2.92. The standard InChI is InChI=1S/C19H19F2N7O/c1-10-4-5-11(19(2,29)18(20)21)8-12(10)14-9-23-17-15(22)25-16(26-28(14)17)13-6-7-24-27(13)3/h4-9,18,29H,1-3H3,(H2,22,25,26). The Hall–Kier alpha value is -3.40. The van der Waals surface area contributed by atoms with Crippen molar-refractivity contribution < 1.29 is 13.9 Å². The number of hydrogen-bond donors (Lipinski definition) is 2. The molecule has 0 aliphatic rings. The van der Waals surface area contributed by atoms with E-state index in [2.05, 4.69) is 20.2 Å². The van der Waals surface area contributed by atoms with E-state index in [-0.39, 0.29) is 11.4 Å². The molecule has 3 heterocycles. The summed E-state index contributed by atoms with van der Waals surface area (Å²) in [4.78, 5) is 8.58. The molecular weight excluding hydrogens is 380 g/mol. The van der Waals surface area contributed by atoms with Gasteiger partial charge in [0, 0.05) is 18.8 Å². The Labute approximate surface area is 164 Å². The summed E-state index contributed by atoms with van der Waals surface area (Å²) < 4.78 is 29.8. The number of imidazole rings is 1. The van der Waals surface area contributed by atoms with Crippen molar-refractivity contribution in [3.8, 4) is 22.8 Å². The fraction of sp³-hybridized carbons (Fsp3) is 0.263. The molecule has 0 saturated heterocycles. The summed E-state index contributed by atoms with van der Waals surface area (Å²) in [6.07, 6.45) is 0.236. The number of halogens is 2. The van der Waals surface area contributed by atoms with E-state index in [1.54, 1.807) is 36.3 Å². The van der Waals surface area contributed by atoms with E-state index < -0.39 is 12.0 Å². The molecule has 1 aromatic carbocycles. The number of nitrogen functional groups attached to an aromatic ring is 1. The Kier molecular flexibility index (Phi) is 4.30. The van der Waals surface area contributed by atoms with Crippen LogP contribution in [-0.4, -0.2) is 40.9 Å². The lowest BCUT2D eigenvalue weighted by atomic mass is 9.92. The Morgan fingerprint density at radius 2 is 1.97 bits per heavy atom. The van der Waals surface area contributed by atoms with Crippen molar-refractivity contribution in [2.24, 2.45) is 7.05 Å². The van der Waals surface area contributed by atoms with Crippen LogP contribution in [0.4, 0.5) is 14.6 Å². The smallest absolute Gasteiger partial charge is 0.270 e. The minimum Gasteiger partial charge on any atom is -0.380 e. The molecule has 0 aliphatic carbocycles. The molecule has 0 aliphatic heterocycles. The van der Waals surface area contributed by atoms with E-state index >= 15 is 0 Å². The predicted molar refractivity (Wildman–Crippen MR) is 103 cm³/mol. The van der Waals surface area contributed by atoms with Crippen molar-refractivity contribution in [1.29, 1.82) is 0 Å². The molecule has 8 nitrogen and oxygen atoms in total. The lowest BCUT2D eigenvalue weighted by Gasteiger charge is -2.23. The fourth-order valence-electron chi connectivity index (χ4n) is 3.13. The van der Waals surface area contributed by atoms with E-state index in [1.165, 1.54) is 16.6 Å². The normalized spacial score (nSPS) is 13.9. The number of hydrogen-bond acceptors (Lipinski definition) is 6. The van der Waals surface area contributed by atoms with Crippen LogP contribution in [0.2, 0.25) is 0 Å². The number of rotatable bonds is 4. The Bertz CT molecular complexity index is 1210. The first kappa shape index (κ1) is 18.9. The predicted octanol–water partition coefficient (Wildman–Crippen LogP) is 2.56. The van der Waals surface area contributed by atoms with E-state index in [0.29, 0.717) is 28.4 Å². The minimum absolute atomic E-state index is 0.0944. The van der Waals surface area contributed by atoms with Crippen LogP contribution in [0.15, 0.2) is 36.7 Å². The number of fused-ring (bicyclic) bond motifs is 1. The number of alkyl halides is 2. The molecule has 4 aromatic rings. The second-order valence-electron chi connectivity index (χ2n) is 7.02. The maximum atomic E-state index is 13.3. The summed E-state index contributed by atoms with van der Waals surface area (Å²) in [6, 6.07) is 6.43. The highest BCUT2D eigenvalue weighted by Gasteiger charge is 2.34. The first-order valence-electron chi connectivity index (χ1n) is 8.81. The maximum absolute atomic E-state index is 13.3. The van der Waals surface area contributed by atoms with Gasteiger partial charge >= 0.3 is 0 Å². The third kappa shape index (κ3) is 3.01. The van der Waals surface area contributed by atoms with Gasteiger partial charge in [0.1, 0.15) is 11.3 Å². The summed E-state index contributed by atoms with van der Waals surface area (Å²) in [5.41, 5.74) is 6.84. The first-order chi connectivity index (χ1) is 13.7. The molecule has 29 heavy (non-hydrogen) atoms. The Balaban J connectivity index is 1.93. The molecule has 0 fully saturated rings. The topological polar surface area (TPSA) is 107 Å². The molecule has 3 N–H and O–H groups in total. The third-order valence-corrected chi connectivity index (χ3v) is 4.96. The van der Waals surface area contributed by atoms with Gasteiger partial charge in [-0.3, -0.25) is 4.68 Å². The average Bonchev–Trinajstić information content (AvgIpc) is 3.28. The van der Waals surface area contributed by atoms with Gasteiger partial charge in [-0.2, -0.15) is 5.10 Å². The van der Waals surface area contributed by atoms with Crippen LogP contribution in [0, 0.1) is 6.92 Å². The van der Waals surface area contributed by atoms with Gasteiger partial charge in [-0.05, 0) is 37.1 Å².